The fraction of sp³-hybridized carbons (Fsp3) is 0.188. The highest BCUT2D eigenvalue weighted by Gasteiger charge is 2.18. The number of carbonyl (C=O) groups is 1. The third-order valence-corrected chi connectivity index (χ3v) is 5.13. The molecule has 0 spiro atoms. The van der Waals surface area contributed by atoms with Gasteiger partial charge in [0.05, 0.1) is 11.1 Å². The Labute approximate surface area is 145 Å². The number of hydrogen-bond acceptors (Lipinski definition) is 4. The molecule has 0 aliphatic heterocycles. The molecule has 6 nitrogen and oxygen atoms in total. The van der Waals surface area contributed by atoms with Crippen LogP contribution in [0.4, 0.5) is 0 Å². The van der Waals surface area contributed by atoms with E-state index >= 15 is 0 Å². The van der Waals surface area contributed by atoms with E-state index in [9.17, 15) is 14.4 Å². The second-order valence-electron chi connectivity index (χ2n) is 5.24. The summed E-state index contributed by atoms with van der Waals surface area (Å²) in [5.41, 5.74) is 4.57. The Hall–Kier alpha value is -2.38. The first-order valence-electron chi connectivity index (χ1n) is 7.25. The molecule has 2 heterocycles. The van der Waals surface area contributed by atoms with Gasteiger partial charge in [-0.05, 0) is 30.7 Å². The summed E-state index contributed by atoms with van der Waals surface area (Å²) >= 11 is 7.29. The lowest BCUT2D eigenvalue weighted by Crippen LogP contribution is -2.40. The summed E-state index contributed by atoms with van der Waals surface area (Å²) < 4.78 is 2.26. The van der Waals surface area contributed by atoms with Gasteiger partial charge in [0, 0.05) is 9.90 Å². The average Bonchev–Trinajstić information content (AvgIpc) is 2.96. The molecular formula is C16H14ClN3O3S. The maximum atomic E-state index is 12.8. The minimum atomic E-state index is -0.652. The number of aromatic nitrogens is 2. The van der Waals surface area contributed by atoms with Gasteiger partial charge in [0.25, 0.3) is 5.56 Å². The van der Waals surface area contributed by atoms with Gasteiger partial charge in [-0.3, -0.25) is 14.2 Å². The van der Waals surface area contributed by atoms with Crippen molar-refractivity contribution >= 4 is 39.1 Å². The largest absolute Gasteiger partial charge is 0.368 e. The number of nitrogens with two attached hydrogens (primary N) is 1. The predicted octanol–water partition coefficient (Wildman–Crippen LogP) is 1.91. The molecule has 1 aromatic carbocycles. The number of carbonyl (C=O) groups excluding carboxylic acids is 1. The van der Waals surface area contributed by atoms with Gasteiger partial charge in [0.1, 0.15) is 11.4 Å². The van der Waals surface area contributed by atoms with Crippen molar-refractivity contribution in [3.8, 4) is 5.69 Å². The quantitative estimate of drug-likeness (QED) is 0.768. The first kappa shape index (κ1) is 16.5. The Morgan fingerprint density at radius 1 is 1.29 bits per heavy atom. The Kier molecular flexibility index (Phi) is 4.29. The molecule has 2 aromatic heterocycles. The normalized spacial score (nSPS) is 11.1. The monoisotopic (exact) mass is 363 g/mol. The molecule has 0 aliphatic carbocycles. The van der Waals surface area contributed by atoms with Crippen LogP contribution in [0.5, 0.6) is 0 Å². The van der Waals surface area contributed by atoms with Gasteiger partial charge in [-0.25, -0.2) is 9.36 Å². The first-order chi connectivity index (χ1) is 11.4. The van der Waals surface area contributed by atoms with Crippen molar-refractivity contribution in [2.75, 3.05) is 0 Å². The number of amides is 1. The average molecular weight is 364 g/mol. The number of fused-ring (bicyclic) bond motifs is 1. The number of primary amides is 1. The minimum absolute atomic E-state index is 0.292. The zero-order valence-electron chi connectivity index (χ0n) is 12.8. The van der Waals surface area contributed by atoms with Crippen LogP contribution in [0.2, 0.25) is 5.02 Å². The van der Waals surface area contributed by atoms with Crippen molar-refractivity contribution in [1.82, 2.24) is 9.13 Å². The van der Waals surface area contributed by atoms with Gasteiger partial charge in [-0.1, -0.05) is 24.6 Å². The van der Waals surface area contributed by atoms with E-state index in [1.807, 2.05) is 6.92 Å². The molecule has 24 heavy (non-hydrogen) atoms. The molecular weight excluding hydrogens is 350 g/mol. The van der Waals surface area contributed by atoms with E-state index in [4.69, 9.17) is 17.3 Å². The number of hydrogen-bond donors (Lipinski definition) is 1. The standard InChI is InChI=1S/C16H14ClN3O3S/c1-2-11-7-12-14(22)20(10-5-3-4-9(17)6-10)16(23)19(8-13(18)21)15(12)24-11/h3-7H,2,8H2,1H3,(H2,18,21). The highest BCUT2D eigenvalue weighted by molar-refractivity contribution is 7.18. The second-order valence-corrected chi connectivity index (χ2v) is 6.79. The van der Waals surface area contributed by atoms with E-state index in [2.05, 4.69) is 0 Å². The third-order valence-electron chi connectivity index (χ3n) is 3.59. The Morgan fingerprint density at radius 3 is 2.67 bits per heavy atom. The van der Waals surface area contributed by atoms with Gasteiger partial charge < -0.3 is 5.73 Å². The molecule has 0 saturated heterocycles. The lowest BCUT2D eigenvalue weighted by molar-refractivity contribution is -0.118. The summed E-state index contributed by atoms with van der Waals surface area (Å²) in [5, 5.41) is 0.789. The van der Waals surface area contributed by atoms with Crippen molar-refractivity contribution in [2.45, 2.75) is 19.9 Å². The second kappa shape index (κ2) is 6.26. The maximum Gasteiger partial charge on any atom is 0.337 e. The number of nitrogens with zero attached hydrogens (tertiary/aromatic N) is 2. The first-order valence-corrected chi connectivity index (χ1v) is 8.44. The van der Waals surface area contributed by atoms with Crippen LogP contribution in [0.3, 0.4) is 0 Å². The van der Waals surface area contributed by atoms with Gasteiger partial charge >= 0.3 is 5.69 Å². The number of aryl methyl sites for hydroxylation is 1. The summed E-state index contributed by atoms with van der Waals surface area (Å²) in [5.74, 6) is -0.652. The number of halogens is 1. The van der Waals surface area contributed by atoms with E-state index < -0.39 is 17.2 Å². The van der Waals surface area contributed by atoms with Crippen molar-refractivity contribution in [1.29, 1.82) is 0 Å². The van der Waals surface area contributed by atoms with E-state index in [-0.39, 0.29) is 6.54 Å². The van der Waals surface area contributed by atoms with E-state index in [1.165, 1.54) is 22.0 Å². The summed E-state index contributed by atoms with van der Waals surface area (Å²) in [6.07, 6.45) is 0.723. The lowest BCUT2D eigenvalue weighted by Gasteiger charge is -2.10. The van der Waals surface area contributed by atoms with Crippen LogP contribution in [0, 0.1) is 0 Å². The van der Waals surface area contributed by atoms with E-state index in [0.717, 1.165) is 15.9 Å². The Bertz CT molecular complexity index is 1060. The molecule has 0 radical (unpaired) electrons. The topological polar surface area (TPSA) is 87.1 Å². The third kappa shape index (κ3) is 2.76. The summed E-state index contributed by atoms with van der Waals surface area (Å²) in [6.45, 7) is 1.66. The van der Waals surface area contributed by atoms with Crippen LogP contribution in [0.15, 0.2) is 39.9 Å². The van der Waals surface area contributed by atoms with Crippen molar-refractivity contribution < 1.29 is 4.79 Å². The molecule has 0 aliphatic rings. The van der Waals surface area contributed by atoms with E-state index in [1.54, 1.807) is 24.3 Å². The highest BCUT2D eigenvalue weighted by Crippen LogP contribution is 2.23. The number of thiophene rings is 1. The van der Waals surface area contributed by atoms with Crippen LogP contribution in [-0.4, -0.2) is 15.0 Å². The molecule has 0 atom stereocenters. The fourth-order valence-electron chi connectivity index (χ4n) is 2.51. The molecule has 3 aromatic rings. The summed E-state index contributed by atoms with van der Waals surface area (Å²) in [6, 6.07) is 8.19. The SMILES string of the molecule is CCc1cc2c(=O)n(-c3cccc(Cl)c3)c(=O)n(CC(N)=O)c2s1. The molecule has 3 rings (SSSR count). The maximum absolute atomic E-state index is 12.8. The fourth-order valence-corrected chi connectivity index (χ4v) is 3.78. The van der Waals surface area contributed by atoms with Gasteiger partial charge in [-0.15, -0.1) is 11.3 Å². The Balaban J connectivity index is 2.44. The molecule has 1 amide bonds. The molecule has 124 valence electrons. The predicted molar refractivity (Wildman–Crippen MR) is 95.3 cm³/mol. The molecule has 0 fully saturated rings. The van der Waals surface area contributed by atoms with Crippen molar-refractivity contribution in [3.63, 3.8) is 0 Å². The number of benzene rings is 1. The van der Waals surface area contributed by atoms with E-state index in [0.29, 0.717) is 20.9 Å². The Morgan fingerprint density at radius 2 is 2.04 bits per heavy atom. The molecule has 8 heteroatoms. The van der Waals surface area contributed by atoms with Crippen LogP contribution in [0.25, 0.3) is 15.9 Å². The van der Waals surface area contributed by atoms with Crippen molar-refractivity contribution in [2.24, 2.45) is 5.73 Å². The van der Waals surface area contributed by atoms with Crippen LogP contribution >= 0.6 is 22.9 Å². The highest BCUT2D eigenvalue weighted by atomic mass is 35.5. The van der Waals surface area contributed by atoms with Gasteiger partial charge in [0.2, 0.25) is 5.91 Å². The van der Waals surface area contributed by atoms with Gasteiger partial charge in [-0.2, -0.15) is 0 Å². The zero-order chi connectivity index (χ0) is 17.4. The zero-order valence-corrected chi connectivity index (χ0v) is 14.4. The van der Waals surface area contributed by atoms with Crippen LogP contribution in [-0.2, 0) is 17.8 Å². The smallest absolute Gasteiger partial charge is 0.337 e. The molecule has 0 saturated carbocycles. The summed E-state index contributed by atoms with van der Waals surface area (Å²) in [4.78, 5) is 38.4. The van der Waals surface area contributed by atoms with Crippen molar-refractivity contribution in [3.05, 3.63) is 61.1 Å². The number of rotatable bonds is 4. The van der Waals surface area contributed by atoms with Crippen LogP contribution < -0.4 is 17.0 Å². The van der Waals surface area contributed by atoms with Gasteiger partial charge in [0.15, 0.2) is 0 Å². The van der Waals surface area contributed by atoms with Crippen LogP contribution in [0.1, 0.15) is 11.8 Å². The molecule has 0 bridgehead atoms. The lowest BCUT2D eigenvalue weighted by atomic mass is 10.3. The summed E-state index contributed by atoms with van der Waals surface area (Å²) in [7, 11) is 0. The molecule has 2 N–H and O–H groups in total. The molecule has 0 unspecified atom stereocenters. The minimum Gasteiger partial charge on any atom is -0.368 e.